The lowest BCUT2D eigenvalue weighted by molar-refractivity contribution is 0.0690. The number of carbonyl (C=O) groups is 1. The Morgan fingerprint density at radius 1 is 1.50 bits per heavy atom. The Morgan fingerprint density at radius 3 is 2.78 bits per heavy atom. The van der Waals surface area contributed by atoms with Gasteiger partial charge >= 0.3 is 5.97 Å². The molecular weight excluding hydrogens is 234 g/mol. The first kappa shape index (κ1) is 12.3. The van der Waals surface area contributed by atoms with Gasteiger partial charge in [-0.15, -0.1) is 5.10 Å². The molecule has 96 valence electrons. The quantitative estimate of drug-likeness (QED) is 0.846. The van der Waals surface area contributed by atoms with Crippen LogP contribution in [0.4, 0.5) is 5.82 Å². The number of nitrogens with one attached hydrogen (secondary N) is 1. The summed E-state index contributed by atoms with van der Waals surface area (Å²) in [7, 11) is 0. The Hall–Kier alpha value is -2.18. The SMILES string of the molecule is CCc1nc2nc(C(=O)O)cc(NC(C)C)n2n1. The second-order valence-corrected chi connectivity index (χ2v) is 4.22. The predicted octanol–water partition coefficient (Wildman–Crippen LogP) is 1.21. The Kier molecular flexibility index (Phi) is 3.14. The number of carboxylic acids is 1. The lowest BCUT2D eigenvalue weighted by Crippen LogP contribution is -2.15. The van der Waals surface area contributed by atoms with E-state index in [0.29, 0.717) is 23.8 Å². The summed E-state index contributed by atoms with van der Waals surface area (Å²) in [6, 6.07) is 1.62. The average molecular weight is 249 g/mol. The molecule has 0 aromatic carbocycles. The minimum Gasteiger partial charge on any atom is -0.477 e. The molecule has 0 bridgehead atoms. The molecule has 0 aliphatic heterocycles. The van der Waals surface area contributed by atoms with Crippen LogP contribution >= 0.6 is 0 Å². The molecule has 18 heavy (non-hydrogen) atoms. The van der Waals surface area contributed by atoms with Crippen molar-refractivity contribution < 1.29 is 9.90 Å². The van der Waals surface area contributed by atoms with Crippen LogP contribution in [0.3, 0.4) is 0 Å². The Labute approximate surface area is 104 Å². The summed E-state index contributed by atoms with van der Waals surface area (Å²) in [5.41, 5.74) is -0.0410. The van der Waals surface area contributed by atoms with Gasteiger partial charge in [-0.05, 0) is 13.8 Å². The highest BCUT2D eigenvalue weighted by atomic mass is 16.4. The number of anilines is 1. The van der Waals surface area contributed by atoms with Crippen molar-refractivity contribution in [2.75, 3.05) is 5.32 Å². The predicted molar refractivity (Wildman–Crippen MR) is 65.9 cm³/mol. The van der Waals surface area contributed by atoms with Crippen molar-refractivity contribution in [2.24, 2.45) is 0 Å². The third-order valence-electron chi connectivity index (χ3n) is 2.33. The highest BCUT2D eigenvalue weighted by molar-refractivity contribution is 5.86. The molecule has 0 radical (unpaired) electrons. The topological polar surface area (TPSA) is 92.4 Å². The van der Waals surface area contributed by atoms with Crippen molar-refractivity contribution in [3.63, 3.8) is 0 Å². The van der Waals surface area contributed by atoms with Gasteiger partial charge in [0.05, 0.1) is 0 Å². The fourth-order valence-electron chi connectivity index (χ4n) is 1.57. The van der Waals surface area contributed by atoms with E-state index < -0.39 is 5.97 Å². The summed E-state index contributed by atoms with van der Waals surface area (Å²) in [4.78, 5) is 19.2. The summed E-state index contributed by atoms with van der Waals surface area (Å²) >= 11 is 0. The normalized spacial score (nSPS) is 11.1. The van der Waals surface area contributed by atoms with Gasteiger partial charge in [-0.25, -0.2) is 9.78 Å². The average Bonchev–Trinajstić information content (AvgIpc) is 2.71. The van der Waals surface area contributed by atoms with Crippen LogP contribution in [0, 0.1) is 0 Å². The van der Waals surface area contributed by atoms with E-state index in [-0.39, 0.29) is 11.7 Å². The number of fused-ring (bicyclic) bond motifs is 1. The van der Waals surface area contributed by atoms with Crippen LogP contribution in [-0.2, 0) is 6.42 Å². The lowest BCUT2D eigenvalue weighted by atomic mass is 10.3. The molecule has 2 aromatic rings. The number of rotatable bonds is 4. The smallest absolute Gasteiger partial charge is 0.354 e. The summed E-state index contributed by atoms with van der Waals surface area (Å²) in [6.45, 7) is 5.86. The molecule has 0 aliphatic rings. The first-order chi connectivity index (χ1) is 8.51. The number of aryl methyl sites for hydroxylation is 1. The standard InChI is InChI=1S/C11H15N5O2/c1-4-8-14-11-13-7(10(17)18)5-9(12-6(2)3)16(11)15-8/h5-6,12H,4H2,1-3H3,(H,17,18). The maximum atomic E-state index is 11.0. The van der Waals surface area contributed by atoms with Gasteiger partial charge in [0, 0.05) is 18.5 Å². The van der Waals surface area contributed by atoms with E-state index in [2.05, 4.69) is 20.4 Å². The molecule has 0 aliphatic carbocycles. The number of nitrogens with zero attached hydrogens (tertiary/aromatic N) is 4. The van der Waals surface area contributed by atoms with Gasteiger partial charge in [-0.1, -0.05) is 6.92 Å². The highest BCUT2D eigenvalue weighted by Crippen LogP contribution is 2.13. The Morgan fingerprint density at radius 2 is 2.22 bits per heavy atom. The van der Waals surface area contributed by atoms with Gasteiger partial charge in [0.15, 0.2) is 11.5 Å². The zero-order valence-corrected chi connectivity index (χ0v) is 10.5. The summed E-state index contributed by atoms with van der Waals surface area (Å²) in [5.74, 6) is 0.441. The van der Waals surface area contributed by atoms with E-state index in [1.54, 1.807) is 0 Å². The summed E-state index contributed by atoms with van der Waals surface area (Å²) in [5, 5.41) is 16.4. The maximum Gasteiger partial charge on any atom is 0.354 e. The number of hydrogen-bond acceptors (Lipinski definition) is 5. The van der Waals surface area contributed by atoms with Gasteiger partial charge in [-0.3, -0.25) is 0 Å². The van der Waals surface area contributed by atoms with E-state index in [4.69, 9.17) is 5.11 Å². The van der Waals surface area contributed by atoms with Crippen LogP contribution < -0.4 is 5.32 Å². The fourth-order valence-corrected chi connectivity index (χ4v) is 1.57. The second-order valence-electron chi connectivity index (χ2n) is 4.22. The molecule has 0 fully saturated rings. The molecule has 7 heteroatoms. The molecular formula is C11H15N5O2. The number of carboxylic acid groups (broad SMARTS) is 1. The molecule has 0 atom stereocenters. The van der Waals surface area contributed by atoms with E-state index in [0.717, 1.165) is 0 Å². The van der Waals surface area contributed by atoms with E-state index in [1.165, 1.54) is 10.6 Å². The first-order valence-corrected chi connectivity index (χ1v) is 5.77. The summed E-state index contributed by atoms with van der Waals surface area (Å²) in [6.07, 6.45) is 0.673. The number of aromatic nitrogens is 4. The third-order valence-corrected chi connectivity index (χ3v) is 2.33. The van der Waals surface area contributed by atoms with Gasteiger partial charge < -0.3 is 10.4 Å². The van der Waals surface area contributed by atoms with E-state index in [9.17, 15) is 4.79 Å². The van der Waals surface area contributed by atoms with Gasteiger partial charge in [0.25, 0.3) is 5.78 Å². The van der Waals surface area contributed by atoms with Gasteiger partial charge in [0.2, 0.25) is 0 Å². The molecule has 2 rings (SSSR count). The largest absolute Gasteiger partial charge is 0.477 e. The van der Waals surface area contributed by atoms with Crippen molar-refractivity contribution in [1.29, 1.82) is 0 Å². The van der Waals surface area contributed by atoms with Crippen molar-refractivity contribution in [3.8, 4) is 0 Å². The monoisotopic (exact) mass is 249 g/mol. The van der Waals surface area contributed by atoms with Gasteiger partial charge in [0.1, 0.15) is 5.82 Å². The third kappa shape index (κ3) is 2.24. The van der Waals surface area contributed by atoms with Crippen molar-refractivity contribution in [2.45, 2.75) is 33.2 Å². The van der Waals surface area contributed by atoms with Crippen LogP contribution in [0.1, 0.15) is 37.1 Å². The van der Waals surface area contributed by atoms with Crippen molar-refractivity contribution in [1.82, 2.24) is 19.6 Å². The Bertz CT molecular complexity index is 590. The molecule has 7 nitrogen and oxygen atoms in total. The van der Waals surface area contributed by atoms with Crippen molar-refractivity contribution in [3.05, 3.63) is 17.6 Å². The number of hydrogen-bond donors (Lipinski definition) is 2. The van der Waals surface area contributed by atoms with Crippen LogP contribution in [0.15, 0.2) is 6.07 Å². The molecule has 0 amide bonds. The highest BCUT2D eigenvalue weighted by Gasteiger charge is 2.14. The number of aromatic carboxylic acids is 1. The molecule has 0 unspecified atom stereocenters. The Balaban J connectivity index is 2.62. The molecule has 2 heterocycles. The summed E-state index contributed by atoms with van der Waals surface area (Å²) < 4.78 is 1.53. The molecule has 2 N–H and O–H groups in total. The van der Waals surface area contributed by atoms with E-state index >= 15 is 0 Å². The van der Waals surface area contributed by atoms with Crippen molar-refractivity contribution >= 4 is 17.6 Å². The van der Waals surface area contributed by atoms with E-state index in [1.807, 2.05) is 20.8 Å². The molecule has 0 saturated carbocycles. The molecule has 2 aromatic heterocycles. The minimum absolute atomic E-state index is 0.0410. The molecule has 0 saturated heterocycles. The van der Waals surface area contributed by atoms with Crippen LogP contribution in [-0.4, -0.2) is 36.7 Å². The second kappa shape index (κ2) is 4.59. The zero-order chi connectivity index (χ0) is 13.3. The lowest BCUT2D eigenvalue weighted by Gasteiger charge is -2.11. The maximum absolute atomic E-state index is 11.0. The minimum atomic E-state index is -1.08. The van der Waals surface area contributed by atoms with Crippen LogP contribution in [0.5, 0.6) is 0 Å². The van der Waals surface area contributed by atoms with Gasteiger partial charge in [-0.2, -0.15) is 9.50 Å². The first-order valence-electron chi connectivity index (χ1n) is 5.77. The van der Waals surface area contributed by atoms with Crippen LogP contribution in [0.2, 0.25) is 0 Å². The van der Waals surface area contributed by atoms with Crippen LogP contribution in [0.25, 0.3) is 5.78 Å². The zero-order valence-electron chi connectivity index (χ0n) is 10.5. The molecule has 0 spiro atoms. The fraction of sp³-hybridized carbons (Fsp3) is 0.455.